The number of hydrogen-bond donors (Lipinski definition) is 1. The number of carbonyl (C=O) groups is 1. The molecule has 1 unspecified atom stereocenters. The number of hydrogen-bond acceptors (Lipinski definition) is 3. The van der Waals surface area contributed by atoms with Gasteiger partial charge in [0.25, 0.3) is 5.91 Å². The first-order valence-corrected chi connectivity index (χ1v) is 8.04. The quantitative estimate of drug-likeness (QED) is 0.945. The maximum Gasteiger partial charge on any atom is 0.251 e. The van der Waals surface area contributed by atoms with Crippen molar-refractivity contribution in [2.45, 2.75) is 45.3 Å². The molecule has 118 valence electrons. The van der Waals surface area contributed by atoms with Crippen LogP contribution in [0.3, 0.4) is 0 Å². The van der Waals surface area contributed by atoms with Crippen LogP contribution >= 0.6 is 0 Å². The third kappa shape index (κ3) is 2.61. The van der Waals surface area contributed by atoms with Crippen LogP contribution in [0.4, 0.5) is 0 Å². The number of aliphatic hydroxyl groups is 1. The monoisotopic (exact) mass is 301 g/mol. The van der Waals surface area contributed by atoms with E-state index in [-0.39, 0.29) is 5.91 Å². The van der Waals surface area contributed by atoms with Gasteiger partial charge in [-0.2, -0.15) is 0 Å². The minimum Gasteiger partial charge on any atom is -0.384 e. The van der Waals surface area contributed by atoms with Crippen molar-refractivity contribution in [2.24, 2.45) is 0 Å². The van der Waals surface area contributed by atoms with Crippen molar-refractivity contribution in [2.75, 3.05) is 13.1 Å². The van der Waals surface area contributed by atoms with Crippen molar-refractivity contribution < 1.29 is 9.90 Å². The third-order valence-electron chi connectivity index (χ3n) is 4.48. The van der Waals surface area contributed by atoms with Gasteiger partial charge in [0.05, 0.1) is 11.0 Å². The number of aromatic nitrogens is 2. The fraction of sp³-hybridized carbons (Fsp3) is 0.529. The predicted octanol–water partition coefficient (Wildman–Crippen LogP) is 2.14. The van der Waals surface area contributed by atoms with Crippen LogP contribution in [0.25, 0.3) is 11.0 Å². The molecule has 1 N–H and O–H groups in total. The van der Waals surface area contributed by atoms with Crippen LogP contribution in [-0.4, -0.2) is 44.7 Å². The number of nitrogens with zero attached hydrogens (tertiary/aromatic N) is 3. The van der Waals surface area contributed by atoms with Gasteiger partial charge in [-0.1, -0.05) is 19.1 Å². The first-order valence-electron chi connectivity index (χ1n) is 8.04. The smallest absolute Gasteiger partial charge is 0.251 e. The molecule has 0 aliphatic carbocycles. The summed E-state index contributed by atoms with van der Waals surface area (Å²) in [6.07, 6.45) is 1.82. The van der Waals surface area contributed by atoms with Crippen LogP contribution in [0.5, 0.6) is 0 Å². The molecule has 5 nitrogen and oxygen atoms in total. The van der Waals surface area contributed by atoms with Crippen LogP contribution in [0.15, 0.2) is 24.3 Å². The van der Waals surface area contributed by atoms with Gasteiger partial charge in [0.1, 0.15) is 11.9 Å². The number of rotatable bonds is 3. The number of imidazole rings is 1. The number of aliphatic hydroxyl groups excluding tert-OH is 1. The van der Waals surface area contributed by atoms with Gasteiger partial charge in [-0.05, 0) is 31.9 Å². The summed E-state index contributed by atoms with van der Waals surface area (Å²) in [6, 6.07) is 8.61. The van der Waals surface area contributed by atoms with E-state index in [2.05, 4.69) is 23.6 Å². The predicted molar refractivity (Wildman–Crippen MR) is 85.6 cm³/mol. The summed E-state index contributed by atoms with van der Waals surface area (Å²) in [5, 5.41) is 9.44. The second-order valence-electron chi connectivity index (χ2n) is 5.97. The number of carbonyl (C=O) groups excluding carboxylic acids is 1. The lowest BCUT2D eigenvalue weighted by Gasteiger charge is -2.34. The fourth-order valence-electron chi connectivity index (χ4n) is 3.36. The molecule has 3 rings (SSSR count). The molecule has 2 heterocycles. The van der Waals surface area contributed by atoms with E-state index in [1.165, 1.54) is 12.4 Å². The highest BCUT2D eigenvalue weighted by Gasteiger charge is 2.27. The summed E-state index contributed by atoms with van der Waals surface area (Å²) in [7, 11) is 0. The average Bonchev–Trinajstić information content (AvgIpc) is 2.92. The summed E-state index contributed by atoms with van der Waals surface area (Å²) in [5.74, 6) is 0.950. The number of benzene rings is 1. The zero-order chi connectivity index (χ0) is 15.7. The van der Waals surface area contributed by atoms with Gasteiger partial charge in [0.2, 0.25) is 0 Å². The van der Waals surface area contributed by atoms with Gasteiger partial charge >= 0.3 is 0 Å². The summed E-state index contributed by atoms with van der Waals surface area (Å²) in [4.78, 5) is 18.4. The normalized spacial score (nSPS) is 17.9. The average molecular weight is 301 g/mol. The molecule has 1 saturated heterocycles. The largest absolute Gasteiger partial charge is 0.384 e. The Morgan fingerprint density at radius 1 is 1.36 bits per heavy atom. The molecule has 1 aliphatic heterocycles. The molecular formula is C17H23N3O2. The molecule has 22 heavy (non-hydrogen) atoms. The summed E-state index contributed by atoms with van der Waals surface area (Å²) in [5.41, 5.74) is 2.22. The van der Waals surface area contributed by atoms with Gasteiger partial charge < -0.3 is 14.6 Å². The maximum absolute atomic E-state index is 11.9. The Kier molecular flexibility index (Phi) is 4.16. The van der Waals surface area contributed by atoms with E-state index < -0.39 is 6.10 Å². The Morgan fingerprint density at radius 2 is 2.05 bits per heavy atom. The SMILES string of the molecule is CCc1nc2ccccc2n1C1CCN(C(=O)C(C)O)CC1. The van der Waals surface area contributed by atoms with Crippen molar-refractivity contribution in [3.63, 3.8) is 0 Å². The van der Waals surface area contributed by atoms with Crippen LogP contribution in [-0.2, 0) is 11.2 Å². The highest BCUT2D eigenvalue weighted by molar-refractivity contribution is 5.80. The minimum absolute atomic E-state index is 0.162. The van der Waals surface area contributed by atoms with E-state index >= 15 is 0 Å². The first kappa shape index (κ1) is 15.0. The van der Waals surface area contributed by atoms with Gasteiger partial charge in [-0.3, -0.25) is 4.79 Å². The molecule has 1 amide bonds. The van der Waals surface area contributed by atoms with Gasteiger partial charge in [0.15, 0.2) is 0 Å². The molecule has 2 aromatic rings. The number of fused-ring (bicyclic) bond motifs is 1. The van der Waals surface area contributed by atoms with E-state index in [1.54, 1.807) is 4.90 Å². The first-order chi connectivity index (χ1) is 10.6. The molecule has 1 aromatic heterocycles. The van der Waals surface area contributed by atoms with Crippen LogP contribution < -0.4 is 0 Å². The van der Waals surface area contributed by atoms with Crippen molar-refractivity contribution in [3.05, 3.63) is 30.1 Å². The molecule has 0 radical (unpaired) electrons. The Balaban J connectivity index is 1.83. The van der Waals surface area contributed by atoms with Crippen molar-refractivity contribution in [1.82, 2.24) is 14.5 Å². The van der Waals surface area contributed by atoms with Gasteiger partial charge in [-0.25, -0.2) is 4.98 Å². The van der Waals surface area contributed by atoms with E-state index in [9.17, 15) is 9.90 Å². The van der Waals surface area contributed by atoms with E-state index in [4.69, 9.17) is 4.98 Å². The highest BCUT2D eigenvalue weighted by atomic mass is 16.3. The number of likely N-dealkylation sites (tertiary alicyclic amines) is 1. The molecule has 0 saturated carbocycles. The van der Waals surface area contributed by atoms with E-state index in [1.807, 2.05) is 12.1 Å². The Bertz CT molecular complexity index is 670. The maximum atomic E-state index is 11.9. The van der Waals surface area contributed by atoms with Crippen molar-refractivity contribution in [1.29, 1.82) is 0 Å². The molecule has 1 atom stereocenters. The molecule has 0 bridgehead atoms. The van der Waals surface area contributed by atoms with E-state index in [0.717, 1.165) is 30.6 Å². The Hall–Kier alpha value is -1.88. The van der Waals surface area contributed by atoms with Crippen LogP contribution in [0.2, 0.25) is 0 Å². The van der Waals surface area contributed by atoms with Crippen LogP contribution in [0, 0.1) is 0 Å². The molecule has 1 fully saturated rings. The van der Waals surface area contributed by atoms with E-state index in [0.29, 0.717) is 19.1 Å². The second kappa shape index (κ2) is 6.08. The van der Waals surface area contributed by atoms with Gasteiger partial charge in [0, 0.05) is 25.6 Å². The number of amides is 1. The van der Waals surface area contributed by atoms with Crippen molar-refractivity contribution >= 4 is 16.9 Å². The number of aryl methyl sites for hydroxylation is 1. The minimum atomic E-state index is -0.906. The molecule has 0 spiro atoms. The lowest BCUT2D eigenvalue weighted by molar-refractivity contribution is -0.140. The zero-order valence-electron chi connectivity index (χ0n) is 13.2. The molecule has 5 heteroatoms. The fourth-order valence-corrected chi connectivity index (χ4v) is 3.36. The third-order valence-corrected chi connectivity index (χ3v) is 4.48. The number of piperidine rings is 1. The van der Waals surface area contributed by atoms with Crippen molar-refractivity contribution in [3.8, 4) is 0 Å². The molecular weight excluding hydrogens is 278 g/mol. The topological polar surface area (TPSA) is 58.4 Å². The summed E-state index contributed by atoms with van der Waals surface area (Å²) < 4.78 is 2.35. The highest BCUT2D eigenvalue weighted by Crippen LogP contribution is 2.29. The molecule has 1 aromatic carbocycles. The Labute approximate surface area is 130 Å². The Morgan fingerprint density at radius 3 is 2.68 bits per heavy atom. The van der Waals surface area contributed by atoms with Crippen LogP contribution in [0.1, 0.15) is 38.6 Å². The zero-order valence-corrected chi connectivity index (χ0v) is 13.2. The van der Waals surface area contributed by atoms with Gasteiger partial charge in [-0.15, -0.1) is 0 Å². The lowest BCUT2D eigenvalue weighted by Crippen LogP contribution is -2.43. The number of para-hydroxylation sites is 2. The standard InChI is InChI=1S/C17H23N3O2/c1-3-16-18-14-6-4-5-7-15(14)20(16)13-8-10-19(11-9-13)17(22)12(2)21/h4-7,12-13,21H,3,8-11H2,1-2H3. The summed E-state index contributed by atoms with van der Waals surface area (Å²) >= 11 is 0. The summed E-state index contributed by atoms with van der Waals surface area (Å²) in [6.45, 7) is 5.06. The molecule has 1 aliphatic rings. The second-order valence-corrected chi connectivity index (χ2v) is 5.97. The lowest BCUT2D eigenvalue weighted by atomic mass is 10.0.